The number of sulfonamides is 1. The molecule has 0 heterocycles. The van der Waals surface area contributed by atoms with Gasteiger partial charge in [-0.1, -0.05) is 78.4 Å². The first kappa shape index (κ1) is 32.3. The Morgan fingerprint density at radius 2 is 1.41 bits per heavy atom. The van der Waals surface area contributed by atoms with Crippen molar-refractivity contribution in [3.05, 3.63) is 126 Å². The zero-order chi connectivity index (χ0) is 31.5. The molecule has 4 rings (SSSR count). The van der Waals surface area contributed by atoms with Gasteiger partial charge in [-0.25, -0.2) is 8.42 Å². The summed E-state index contributed by atoms with van der Waals surface area (Å²) < 4.78 is 34.7. The lowest BCUT2D eigenvalue weighted by Crippen LogP contribution is -2.53. The van der Waals surface area contributed by atoms with Crippen LogP contribution in [-0.4, -0.2) is 50.9 Å². The molecule has 4 aromatic carbocycles. The summed E-state index contributed by atoms with van der Waals surface area (Å²) >= 11 is 0. The Labute approximate surface area is 260 Å². The second kappa shape index (κ2) is 15.2. The number of hydrogen-bond donors (Lipinski definition) is 1. The number of nitrogens with zero attached hydrogens (tertiary/aromatic N) is 2. The number of carbonyl (C=O) groups excluding carboxylic acids is 2. The van der Waals surface area contributed by atoms with Gasteiger partial charge in [-0.05, 0) is 68.3 Å². The van der Waals surface area contributed by atoms with Gasteiger partial charge in [-0.3, -0.25) is 13.9 Å². The number of benzene rings is 4. The normalized spacial score (nSPS) is 11.8. The van der Waals surface area contributed by atoms with E-state index in [9.17, 15) is 18.0 Å². The molecule has 0 aliphatic rings. The highest BCUT2D eigenvalue weighted by Gasteiger charge is 2.34. The fraction of sp³-hybridized carbons (Fsp3) is 0.257. The summed E-state index contributed by atoms with van der Waals surface area (Å²) in [5.41, 5.74) is 3.07. The summed E-state index contributed by atoms with van der Waals surface area (Å²) in [7, 11) is -4.16. The van der Waals surface area contributed by atoms with E-state index in [-0.39, 0.29) is 23.8 Å². The molecule has 0 radical (unpaired) electrons. The van der Waals surface area contributed by atoms with E-state index in [1.165, 1.54) is 17.0 Å². The molecule has 0 aliphatic carbocycles. The average molecular weight is 614 g/mol. The van der Waals surface area contributed by atoms with Gasteiger partial charge < -0.3 is 15.0 Å². The van der Waals surface area contributed by atoms with E-state index in [1.54, 1.807) is 42.5 Å². The highest BCUT2D eigenvalue weighted by atomic mass is 32.2. The molecule has 8 nitrogen and oxygen atoms in total. The van der Waals surface area contributed by atoms with Crippen LogP contribution in [-0.2, 0) is 32.6 Å². The van der Waals surface area contributed by atoms with E-state index in [1.807, 2.05) is 75.4 Å². The highest BCUT2D eigenvalue weighted by Crippen LogP contribution is 2.27. The third-order valence-electron chi connectivity index (χ3n) is 7.14. The lowest BCUT2D eigenvalue weighted by atomic mass is 10.0. The van der Waals surface area contributed by atoms with E-state index >= 15 is 0 Å². The zero-order valence-electron chi connectivity index (χ0n) is 25.3. The molecule has 0 aromatic heterocycles. The number of nitrogens with one attached hydrogen (secondary N) is 1. The van der Waals surface area contributed by atoms with Gasteiger partial charge in [-0.15, -0.1) is 0 Å². The smallest absolute Gasteiger partial charge is 0.264 e. The van der Waals surface area contributed by atoms with Crippen LogP contribution < -0.4 is 14.4 Å². The molecule has 230 valence electrons. The van der Waals surface area contributed by atoms with E-state index in [2.05, 4.69) is 5.32 Å². The van der Waals surface area contributed by atoms with Crippen LogP contribution in [0.15, 0.2) is 114 Å². The second-order valence-electron chi connectivity index (χ2n) is 10.4. The largest absolute Gasteiger partial charge is 0.494 e. The standard InChI is InChI=1S/C35H39N3O5S/c1-4-36-35(40)33(24-28-12-8-6-9-13-28)37(25-29-18-16-27(3)17-19-29)34(39)26-38(30-20-22-31(23-21-30)43-5-2)44(41,42)32-14-10-7-11-15-32/h6-23,33H,4-5,24-26H2,1-3H3,(H,36,40)/t33-/m0/s1. The Bertz CT molecular complexity index is 1610. The monoisotopic (exact) mass is 613 g/mol. The minimum absolute atomic E-state index is 0.0522. The number of rotatable bonds is 14. The van der Waals surface area contributed by atoms with Crippen LogP contribution in [0.4, 0.5) is 5.69 Å². The third-order valence-corrected chi connectivity index (χ3v) is 8.93. The summed E-state index contributed by atoms with van der Waals surface area (Å²) in [6.45, 7) is 6.12. The number of likely N-dealkylation sites (N-methyl/N-ethyl adjacent to an activating group) is 1. The van der Waals surface area contributed by atoms with Gasteiger partial charge in [0.25, 0.3) is 10.0 Å². The number of carbonyl (C=O) groups is 2. The quantitative estimate of drug-likeness (QED) is 0.207. The zero-order valence-corrected chi connectivity index (χ0v) is 26.2. The SMILES string of the molecule is CCNC(=O)[C@H](Cc1ccccc1)N(Cc1ccc(C)cc1)C(=O)CN(c1ccc(OCC)cc1)S(=O)(=O)c1ccccc1. The fourth-order valence-corrected chi connectivity index (χ4v) is 6.30. The molecule has 9 heteroatoms. The van der Waals surface area contributed by atoms with Gasteiger partial charge in [0.15, 0.2) is 0 Å². The molecule has 0 saturated heterocycles. The lowest BCUT2D eigenvalue weighted by molar-refractivity contribution is -0.140. The van der Waals surface area contributed by atoms with Crippen molar-refractivity contribution in [1.82, 2.24) is 10.2 Å². The Morgan fingerprint density at radius 3 is 2.00 bits per heavy atom. The van der Waals surface area contributed by atoms with Gasteiger partial charge in [0.05, 0.1) is 17.2 Å². The Kier molecular flexibility index (Phi) is 11.2. The van der Waals surface area contributed by atoms with Crippen molar-refractivity contribution < 1.29 is 22.7 Å². The maximum Gasteiger partial charge on any atom is 0.264 e. The van der Waals surface area contributed by atoms with Crippen LogP contribution in [0.5, 0.6) is 5.75 Å². The third kappa shape index (κ3) is 8.26. The predicted octanol–water partition coefficient (Wildman–Crippen LogP) is 5.37. The first-order valence-electron chi connectivity index (χ1n) is 14.7. The molecular weight excluding hydrogens is 574 g/mol. The van der Waals surface area contributed by atoms with Crippen molar-refractivity contribution in [2.24, 2.45) is 0 Å². The topological polar surface area (TPSA) is 96.0 Å². The summed E-state index contributed by atoms with van der Waals surface area (Å²) in [5.74, 6) is -0.235. The summed E-state index contributed by atoms with van der Waals surface area (Å²) in [6.07, 6.45) is 0.263. The number of anilines is 1. The molecule has 4 aromatic rings. The molecule has 0 bridgehead atoms. The molecule has 2 amide bonds. The lowest BCUT2D eigenvalue weighted by Gasteiger charge is -2.34. The van der Waals surface area contributed by atoms with Crippen LogP contribution in [0.1, 0.15) is 30.5 Å². The first-order chi connectivity index (χ1) is 21.2. The predicted molar refractivity (Wildman–Crippen MR) is 173 cm³/mol. The summed E-state index contributed by atoms with van der Waals surface area (Å²) in [4.78, 5) is 29.5. The fourth-order valence-electron chi connectivity index (χ4n) is 4.86. The second-order valence-corrected chi connectivity index (χ2v) is 12.2. The number of ether oxygens (including phenoxy) is 1. The van der Waals surface area contributed by atoms with Crippen molar-refractivity contribution in [3.63, 3.8) is 0 Å². The minimum Gasteiger partial charge on any atom is -0.494 e. The molecule has 44 heavy (non-hydrogen) atoms. The molecular formula is C35H39N3O5S. The van der Waals surface area contributed by atoms with E-state index < -0.39 is 28.5 Å². The van der Waals surface area contributed by atoms with Crippen LogP contribution in [0.3, 0.4) is 0 Å². The van der Waals surface area contributed by atoms with E-state index in [4.69, 9.17) is 4.74 Å². The van der Waals surface area contributed by atoms with Crippen molar-refractivity contribution in [2.75, 3.05) is 24.0 Å². The van der Waals surface area contributed by atoms with Crippen LogP contribution in [0, 0.1) is 6.92 Å². The summed E-state index contributed by atoms with van der Waals surface area (Å²) in [6, 6.07) is 30.9. The molecule has 0 saturated carbocycles. The van der Waals surface area contributed by atoms with Crippen molar-refractivity contribution in [3.8, 4) is 5.75 Å². The average Bonchev–Trinajstić information content (AvgIpc) is 3.04. The molecule has 0 aliphatic heterocycles. The van der Waals surface area contributed by atoms with Gasteiger partial charge >= 0.3 is 0 Å². The number of hydrogen-bond acceptors (Lipinski definition) is 5. The van der Waals surface area contributed by atoms with Gasteiger partial charge in [0, 0.05) is 19.5 Å². The number of aryl methyl sites for hydroxylation is 1. The Balaban J connectivity index is 1.78. The van der Waals surface area contributed by atoms with Crippen LogP contribution in [0.25, 0.3) is 0 Å². The van der Waals surface area contributed by atoms with Crippen LogP contribution >= 0.6 is 0 Å². The summed E-state index contributed by atoms with van der Waals surface area (Å²) in [5, 5.41) is 2.88. The Hall–Kier alpha value is -4.63. The van der Waals surface area contributed by atoms with Gasteiger partial charge in [-0.2, -0.15) is 0 Å². The van der Waals surface area contributed by atoms with E-state index in [0.717, 1.165) is 21.0 Å². The first-order valence-corrected chi connectivity index (χ1v) is 16.1. The highest BCUT2D eigenvalue weighted by molar-refractivity contribution is 7.92. The van der Waals surface area contributed by atoms with E-state index in [0.29, 0.717) is 24.6 Å². The molecule has 0 unspecified atom stereocenters. The number of amides is 2. The molecule has 0 spiro atoms. The van der Waals surface area contributed by atoms with Crippen molar-refractivity contribution >= 4 is 27.5 Å². The molecule has 0 fully saturated rings. The molecule has 1 N–H and O–H groups in total. The van der Waals surface area contributed by atoms with Crippen LogP contribution in [0.2, 0.25) is 0 Å². The van der Waals surface area contributed by atoms with Crippen molar-refractivity contribution in [1.29, 1.82) is 0 Å². The molecule has 1 atom stereocenters. The Morgan fingerprint density at radius 1 is 0.795 bits per heavy atom. The maximum atomic E-state index is 14.4. The van der Waals surface area contributed by atoms with Crippen molar-refractivity contribution in [2.45, 2.75) is 44.7 Å². The van der Waals surface area contributed by atoms with Gasteiger partial charge in [0.2, 0.25) is 11.8 Å². The van der Waals surface area contributed by atoms with Gasteiger partial charge in [0.1, 0.15) is 18.3 Å². The maximum absolute atomic E-state index is 14.4. The minimum atomic E-state index is -4.16.